The maximum Gasteiger partial charge on any atom is 0.220 e. The highest BCUT2D eigenvalue weighted by Crippen LogP contribution is 2.22. The van der Waals surface area contributed by atoms with Crippen molar-refractivity contribution < 1.29 is 4.79 Å². The average Bonchev–Trinajstić information content (AvgIpc) is 2.93. The molecule has 5 heteroatoms. The first-order chi connectivity index (χ1) is 9.25. The topological polar surface area (TPSA) is 59.0 Å². The van der Waals surface area contributed by atoms with Gasteiger partial charge in [0, 0.05) is 25.4 Å². The van der Waals surface area contributed by atoms with E-state index in [4.69, 9.17) is 0 Å². The van der Waals surface area contributed by atoms with Gasteiger partial charge >= 0.3 is 0 Å². The predicted molar refractivity (Wildman–Crippen MR) is 74.6 cm³/mol. The molecule has 1 fully saturated rings. The molecule has 2 rings (SSSR count). The lowest BCUT2D eigenvalue weighted by Gasteiger charge is -2.28. The van der Waals surface area contributed by atoms with Crippen molar-refractivity contribution in [1.82, 2.24) is 20.4 Å². The van der Waals surface area contributed by atoms with Crippen LogP contribution in [0.5, 0.6) is 0 Å². The molecule has 0 aromatic carbocycles. The molecule has 0 saturated carbocycles. The highest BCUT2D eigenvalue weighted by atomic mass is 16.1. The van der Waals surface area contributed by atoms with E-state index >= 15 is 0 Å². The normalized spacial score (nSPS) is 21.0. The number of nitrogens with one attached hydrogen (secondary N) is 2. The molecule has 0 spiro atoms. The van der Waals surface area contributed by atoms with E-state index in [0.29, 0.717) is 24.8 Å². The minimum atomic E-state index is 0.158. The minimum absolute atomic E-state index is 0.158. The fourth-order valence-corrected chi connectivity index (χ4v) is 2.64. The Morgan fingerprint density at radius 2 is 2.53 bits per heavy atom. The van der Waals surface area contributed by atoms with E-state index in [0.717, 1.165) is 19.6 Å². The Morgan fingerprint density at radius 3 is 3.21 bits per heavy atom. The molecule has 1 aromatic heterocycles. The van der Waals surface area contributed by atoms with Gasteiger partial charge in [-0.1, -0.05) is 6.92 Å². The summed E-state index contributed by atoms with van der Waals surface area (Å²) in [5.41, 5.74) is 0. The summed E-state index contributed by atoms with van der Waals surface area (Å²) in [5.74, 6) is 1.26. The fraction of sp³-hybridized carbons (Fsp3) is 0.714. The van der Waals surface area contributed by atoms with Crippen LogP contribution < -0.4 is 10.6 Å². The van der Waals surface area contributed by atoms with Crippen molar-refractivity contribution in [2.75, 3.05) is 19.6 Å². The molecule has 1 aromatic rings. The van der Waals surface area contributed by atoms with Crippen LogP contribution in [0.1, 0.15) is 26.2 Å². The number of amides is 1. The van der Waals surface area contributed by atoms with Crippen LogP contribution in [-0.2, 0) is 11.3 Å². The maximum absolute atomic E-state index is 11.9. The van der Waals surface area contributed by atoms with Crippen LogP contribution in [0.4, 0.5) is 0 Å². The average molecular weight is 264 g/mol. The first kappa shape index (κ1) is 14.1. The van der Waals surface area contributed by atoms with E-state index in [1.807, 2.05) is 16.9 Å². The molecule has 0 radical (unpaired) electrons. The van der Waals surface area contributed by atoms with Crippen LogP contribution in [0.25, 0.3) is 0 Å². The molecule has 2 N–H and O–H groups in total. The summed E-state index contributed by atoms with van der Waals surface area (Å²) in [6.45, 7) is 5.75. The Bertz CT molecular complexity index is 371. The van der Waals surface area contributed by atoms with E-state index in [2.05, 4.69) is 22.7 Å². The zero-order valence-electron chi connectivity index (χ0n) is 11.6. The van der Waals surface area contributed by atoms with Gasteiger partial charge in [0.05, 0.1) is 6.54 Å². The van der Waals surface area contributed by atoms with E-state index in [-0.39, 0.29) is 5.91 Å². The highest BCUT2D eigenvalue weighted by Gasteiger charge is 2.21. The van der Waals surface area contributed by atoms with Gasteiger partial charge in [0.15, 0.2) is 0 Å². The van der Waals surface area contributed by atoms with Crippen LogP contribution in [0, 0.1) is 11.8 Å². The van der Waals surface area contributed by atoms with Gasteiger partial charge in [-0.25, -0.2) is 0 Å². The number of carbonyl (C=O) groups is 1. The SMILES string of the molecule is CC(CC(=O)NCCn1cccn1)C1CCCNC1. The van der Waals surface area contributed by atoms with Crippen molar-refractivity contribution in [2.24, 2.45) is 11.8 Å². The van der Waals surface area contributed by atoms with E-state index in [1.165, 1.54) is 12.8 Å². The standard InChI is InChI=1S/C14H24N4O/c1-12(13-4-2-5-15-11-13)10-14(19)16-7-9-18-8-3-6-17-18/h3,6,8,12-13,15H,2,4-5,7,9-11H2,1H3,(H,16,19). The number of piperidine rings is 1. The van der Waals surface area contributed by atoms with Gasteiger partial charge in [-0.2, -0.15) is 5.10 Å². The van der Waals surface area contributed by atoms with Crippen molar-refractivity contribution in [2.45, 2.75) is 32.7 Å². The lowest BCUT2D eigenvalue weighted by molar-refractivity contribution is -0.122. The molecule has 2 heterocycles. The lowest BCUT2D eigenvalue weighted by atomic mass is 9.85. The molecule has 19 heavy (non-hydrogen) atoms. The van der Waals surface area contributed by atoms with Crippen LogP contribution in [-0.4, -0.2) is 35.3 Å². The lowest BCUT2D eigenvalue weighted by Crippen LogP contribution is -2.36. The summed E-state index contributed by atoms with van der Waals surface area (Å²) in [4.78, 5) is 11.9. The molecule has 1 saturated heterocycles. The summed E-state index contributed by atoms with van der Waals surface area (Å²) >= 11 is 0. The number of carbonyl (C=O) groups excluding carboxylic acids is 1. The molecule has 1 aliphatic rings. The molecular weight excluding hydrogens is 240 g/mol. The second-order valence-electron chi connectivity index (χ2n) is 5.41. The molecule has 0 aliphatic carbocycles. The number of aromatic nitrogens is 2. The number of hydrogen-bond donors (Lipinski definition) is 2. The van der Waals surface area contributed by atoms with E-state index in [1.54, 1.807) is 6.20 Å². The van der Waals surface area contributed by atoms with E-state index < -0.39 is 0 Å². The molecule has 2 atom stereocenters. The largest absolute Gasteiger partial charge is 0.354 e. The smallest absolute Gasteiger partial charge is 0.220 e. The van der Waals surface area contributed by atoms with Crippen LogP contribution in [0.3, 0.4) is 0 Å². The Labute approximate surface area is 114 Å². The molecular formula is C14H24N4O. The highest BCUT2D eigenvalue weighted by molar-refractivity contribution is 5.76. The molecule has 5 nitrogen and oxygen atoms in total. The number of hydrogen-bond acceptors (Lipinski definition) is 3. The third-order valence-electron chi connectivity index (χ3n) is 3.87. The second kappa shape index (κ2) is 7.28. The second-order valence-corrected chi connectivity index (χ2v) is 5.41. The van der Waals surface area contributed by atoms with Crippen LogP contribution >= 0.6 is 0 Å². The van der Waals surface area contributed by atoms with Gasteiger partial charge in [-0.15, -0.1) is 0 Å². The van der Waals surface area contributed by atoms with Crippen molar-refractivity contribution in [3.8, 4) is 0 Å². The van der Waals surface area contributed by atoms with Gasteiger partial charge in [0.2, 0.25) is 5.91 Å². The summed E-state index contributed by atoms with van der Waals surface area (Å²) in [6.07, 6.45) is 6.76. The maximum atomic E-state index is 11.9. The van der Waals surface area contributed by atoms with Crippen molar-refractivity contribution in [1.29, 1.82) is 0 Å². The van der Waals surface area contributed by atoms with Crippen molar-refractivity contribution in [3.05, 3.63) is 18.5 Å². The van der Waals surface area contributed by atoms with Gasteiger partial charge in [-0.3, -0.25) is 9.48 Å². The predicted octanol–water partition coefficient (Wildman–Crippen LogP) is 1.03. The Balaban J connectivity index is 1.63. The van der Waals surface area contributed by atoms with Crippen LogP contribution in [0.2, 0.25) is 0 Å². The zero-order valence-corrected chi connectivity index (χ0v) is 11.6. The molecule has 1 aliphatic heterocycles. The number of rotatable bonds is 6. The first-order valence-corrected chi connectivity index (χ1v) is 7.20. The van der Waals surface area contributed by atoms with Gasteiger partial charge in [0.1, 0.15) is 0 Å². The monoisotopic (exact) mass is 264 g/mol. The molecule has 1 amide bonds. The Hall–Kier alpha value is -1.36. The Morgan fingerprint density at radius 1 is 1.63 bits per heavy atom. The van der Waals surface area contributed by atoms with Gasteiger partial charge < -0.3 is 10.6 Å². The summed E-state index contributed by atoms with van der Waals surface area (Å²) in [7, 11) is 0. The molecule has 106 valence electrons. The third-order valence-corrected chi connectivity index (χ3v) is 3.87. The van der Waals surface area contributed by atoms with Gasteiger partial charge in [0.25, 0.3) is 0 Å². The Kier molecular flexibility index (Phi) is 5.39. The van der Waals surface area contributed by atoms with Crippen molar-refractivity contribution in [3.63, 3.8) is 0 Å². The first-order valence-electron chi connectivity index (χ1n) is 7.20. The summed E-state index contributed by atoms with van der Waals surface area (Å²) in [6, 6.07) is 1.89. The third kappa shape index (κ3) is 4.67. The van der Waals surface area contributed by atoms with Crippen LogP contribution in [0.15, 0.2) is 18.5 Å². The van der Waals surface area contributed by atoms with Gasteiger partial charge in [-0.05, 0) is 43.8 Å². The quantitative estimate of drug-likeness (QED) is 0.806. The zero-order chi connectivity index (χ0) is 13.5. The molecule has 0 bridgehead atoms. The molecule has 2 unspecified atom stereocenters. The minimum Gasteiger partial charge on any atom is -0.354 e. The van der Waals surface area contributed by atoms with Crippen molar-refractivity contribution >= 4 is 5.91 Å². The van der Waals surface area contributed by atoms with E-state index in [9.17, 15) is 4.79 Å². The summed E-state index contributed by atoms with van der Waals surface area (Å²) in [5, 5.41) is 10.5. The fourth-order valence-electron chi connectivity index (χ4n) is 2.64. The number of nitrogens with zero attached hydrogens (tertiary/aromatic N) is 2. The summed E-state index contributed by atoms with van der Waals surface area (Å²) < 4.78 is 1.83.